The van der Waals surface area contributed by atoms with Gasteiger partial charge in [0.05, 0.1) is 32.3 Å². The normalized spacial score (nSPS) is 17.0. The van der Waals surface area contributed by atoms with Gasteiger partial charge in [-0.1, -0.05) is 84.2 Å². The molecule has 1 aliphatic rings. The van der Waals surface area contributed by atoms with Crippen molar-refractivity contribution in [1.82, 2.24) is 19.5 Å². The standard InChI is InChI=1S/C27H28N5O7PS2/c28-24-23-25(30-17-29-24)32(18-31-23)22-15-21(16-36-22)39-40(35,37-11-13-41-26(33)19-7-3-1-4-8-19)38-12-14-42-27(34)20-9-5-2-6-10-20/h1-10,17-18,21-22H,11-16H2,(H2,28,29,30). The number of aromatic nitrogens is 4. The number of phosphoric acid groups is 1. The third-order valence-electron chi connectivity index (χ3n) is 6.07. The summed E-state index contributed by atoms with van der Waals surface area (Å²) in [6, 6.07) is 17.7. The monoisotopic (exact) mass is 629 g/mol. The van der Waals surface area contributed by atoms with Gasteiger partial charge in [-0.15, -0.1) is 0 Å². The van der Waals surface area contributed by atoms with E-state index in [0.29, 0.717) is 28.7 Å². The zero-order chi connectivity index (χ0) is 29.4. The van der Waals surface area contributed by atoms with Gasteiger partial charge in [0.25, 0.3) is 0 Å². The molecule has 2 N–H and O–H groups in total. The minimum absolute atomic E-state index is 0.0596. The first-order valence-corrected chi connectivity index (χ1v) is 16.4. The Kier molecular flexibility index (Phi) is 10.4. The van der Waals surface area contributed by atoms with Crippen LogP contribution in [-0.2, 0) is 22.9 Å². The van der Waals surface area contributed by atoms with Crippen molar-refractivity contribution < 1.29 is 32.5 Å². The summed E-state index contributed by atoms with van der Waals surface area (Å²) in [5, 5.41) is -0.258. The molecule has 2 aromatic heterocycles. The molecule has 1 saturated heterocycles. The fourth-order valence-corrected chi connectivity index (χ4v) is 6.98. The number of anilines is 1. The van der Waals surface area contributed by atoms with E-state index in [-0.39, 0.29) is 47.4 Å². The molecule has 5 rings (SSSR count). The molecule has 42 heavy (non-hydrogen) atoms. The summed E-state index contributed by atoms with van der Waals surface area (Å²) in [6.45, 7) is -0.00393. The second-order valence-electron chi connectivity index (χ2n) is 8.95. The van der Waals surface area contributed by atoms with Crippen molar-refractivity contribution in [3.05, 3.63) is 84.4 Å². The van der Waals surface area contributed by atoms with Crippen molar-refractivity contribution in [2.75, 3.05) is 37.1 Å². The van der Waals surface area contributed by atoms with Crippen LogP contribution in [0.4, 0.5) is 5.82 Å². The average molecular weight is 630 g/mol. The van der Waals surface area contributed by atoms with Crippen LogP contribution in [0.2, 0.25) is 0 Å². The van der Waals surface area contributed by atoms with Gasteiger partial charge in [0.2, 0.25) is 10.2 Å². The number of fused-ring (bicyclic) bond motifs is 1. The molecule has 12 nitrogen and oxygen atoms in total. The molecule has 0 aliphatic carbocycles. The number of benzene rings is 2. The van der Waals surface area contributed by atoms with Crippen LogP contribution in [-0.4, -0.2) is 67.2 Å². The fraction of sp³-hybridized carbons (Fsp3) is 0.296. The first-order valence-electron chi connectivity index (χ1n) is 13.0. The SMILES string of the molecule is Nc1ncnc2c1ncn2C1CC(OP(=O)(OCCSC(=O)c2ccccc2)OCCSC(=O)c2ccccc2)CO1. The van der Waals surface area contributed by atoms with Crippen LogP contribution in [0.15, 0.2) is 73.3 Å². The van der Waals surface area contributed by atoms with Crippen molar-refractivity contribution in [3.63, 3.8) is 0 Å². The van der Waals surface area contributed by atoms with Gasteiger partial charge in [0.15, 0.2) is 11.5 Å². The molecule has 1 fully saturated rings. The number of nitrogens with zero attached hydrogens (tertiary/aromatic N) is 4. The van der Waals surface area contributed by atoms with E-state index in [1.807, 2.05) is 12.1 Å². The summed E-state index contributed by atoms with van der Waals surface area (Å²) in [5.41, 5.74) is 7.97. The van der Waals surface area contributed by atoms with Gasteiger partial charge >= 0.3 is 7.82 Å². The minimum atomic E-state index is -4.09. The number of rotatable bonds is 13. The Morgan fingerprint density at radius 1 is 0.929 bits per heavy atom. The van der Waals surface area contributed by atoms with Crippen molar-refractivity contribution >= 4 is 58.6 Å². The van der Waals surface area contributed by atoms with Gasteiger partial charge in [0, 0.05) is 29.1 Å². The van der Waals surface area contributed by atoms with E-state index in [0.717, 1.165) is 23.5 Å². The first kappa shape index (κ1) is 30.4. The molecule has 0 amide bonds. The summed E-state index contributed by atoms with van der Waals surface area (Å²) in [4.78, 5) is 37.3. The van der Waals surface area contributed by atoms with Gasteiger partial charge in [-0.2, -0.15) is 0 Å². The molecule has 0 bridgehead atoms. The van der Waals surface area contributed by atoms with E-state index in [1.165, 1.54) is 6.33 Å². The van der Waals surface area contributed by atoms with Crippen molar-refractivity contribution in [2.24, 2.45) is 0 Å². The highest BCUT2D eigenvalue weighted by Crippen LogP contribution is 2.52. The number of nitrogen functional groups attached to an aromatic ring is 1. The molecule has 0 spiro atoms. The lowest BCUT2D eigenvalue weighted by molar-refractivity contribution is 0.0440. The average Bonchev–Trinajstić information content (AvgIpc) is 3.66. The lowest BCUT2D eigenvalue weighted by Gasteiger charge is -2.21. The zero-order valence-corrected chi connectivity index (χ0v) is 24.8. The number of hydrogen-bond acceptors (Lipinski definition) is 13. The van der Waals surface area contributed by atoms with Crippen LogP contribution in [0.3, 0.4) is 0 Å². The molecule has 220 valence electrons. The Morgan fingerprint density at radius 3 is 2.12 bits per heavy atom. The van der Waals surface area contributed by atoms with E-state index in [2.05, 4.69) is 15.0 Å². The number of phosphoric ester groups is 1. The van der Waals surface area contributed by atoms with E-state index in [9.17, 15) is 14.2 Å². The Labute approximate surface area is 250 Å². The molecule has 2 unspecified atom stereocenters. The summed E-state index contributed by atoms with van der Waals surface area (Å²) < 4.78 is 38.4. The van der Waals surface area contributed by atoms with E-state index >= 15 is 0 Å². The number of carbonyl (C=O) groups is 2. The Hall–Kier alpha value is -3.10. The van der Waals surface area contributed by atoms with Gasteiger partial charge < -0.3 is 10.5 Å². The third-order valence-corrected chi connectivity index (χ3v) is 9.36. The predicted octanol–water partition coefficient (Wildman–Crippen LogP) is 5.00. The molecule has 0 radical (unpaired) electrons. The smallest absolute Gasteiger partial charge is 0.382 e. The molecule has 15 heteroatoms. The molecule has 2 atom stereocenters. The fourth-order valence-electron chi connectivity index (χ4n) is 4.09. The van der Waals surface area contributed by atoms with Crippen LogP contribution in [0.5, 0.6) is 0 Å². The summed E-state index contributed by atoms with van der Waals surface area (Å²) in [7, 11) is -4.09. The largest absolute Gasteiger partial charge is 0.475 e. The topological polar surface area (TPSA) is 158 Å². The first-order chi connectivity index (χ1) is 20.4. The second-order valence-corrected chi connectivity index (χ2v) is 12.7. The lowest BCUT2D eigenvalue weighted by Crippen LogP contribution is -2.15. The Balaban J connectivity index is 1.18. The Bertz CT molecular complexity index is 1500. The number of thioether (sulfide) groups is 2. The highest BCUT2D eigenvalue weighted by Gasteiger charge is 2.37. The molecular formula is C27H28N5O7PS2. The lowest BCUT2D eigenvalue weighted by atomic mass is 10.2. The van der Waals surface area contributed by atoms with Crippen LogP contribution in [0.25, 0.3) is 11.2 Å². The molecular weight excluding hydrogens is 601 g/mol. The maximum Gasteiger partial charge on any atom is 0.475 e. The van der Waals surface area contributed by atoms with Crippen LogP contribution in [0.1, 0.15) is 33.4 Å². The number of imidazole rings is 1. The summed E-state index contributed by atoms with van der Waals surface area (Å²) in [5.74, 6) is 0.720. The summed E-state index contributed by atoms with van der Waals surface area (Å²) >= 11 is 2.08. The predicted molar refractivity (Wildman–Crippen MR) is 160 cm³/mol. The second kappa shape index (κ2) is 14.4. The molecule has 0 saturated carbocycles. The highest BCUT2D eigenvalue weighted by molar-refractivity contribution is 8.14. The van der Waals surface area contributed by atoms with Crippen molar-refractivity contribution in [1.29, 1.82) is 0 Å². The molecule has 1 aliphatic heterocycles. The Morgan fingerprint density at radius 2 is 1.52 bits per heavy atom. The molecule has 2 aromatic carbocycles. The number of hydrogen-bond donors (Lipinski definition) is 1. The minimum Gasteiger partial charge on any atom is -0.382 e. The summed E-state index contributed by atoms with van der Waals surface area (Å²) in [6.07, 6.45) is 2.08. The van der Waals surface area contributed by atoms with Gasteiger partial charge in [-0.3, -0.25) is 27.7 Å². The quantitative estimate of drug-likeness (QED) is 0.156. The van der Waals surface area contributed by atoms with Crippen molar-refractivity contribution in [3.8, 4) is 0 Å². The van der Waals surface area contributed by atoms with Crippen LogP contribution >= 0.6 is 31.3 Å². The maximum absolute atomic E-state index is 13.7. The number of ether oxygens (including phenoxy) is 1. The molecule has 3 heterocycles. The van der Waals surface area contributed by atoms with Gasteiger partial charge in [-0.05, 0) is 0 Å². The van der Waals surface area contributed by atoms with Crippen molar-refractivity contribution in [2.45, 2.75) is 18.8 Å². The number of nitrogens with two attached hydrogens (primary N) is 1. The van der Waals surface area contributed by atoms with E-state index in [4.69, 9.17) is 24.0 Å². The number of carbonyl (C=O) groups excluding carboxylic acids is 2. The van der Waals surface area contributed by atoms with E-state index in [1.54, 1.807) is 59.4 Å². The third kappa shape index (κ3) is 7.84. The highest BCUT2D eigenvalue weighted by atomic mass is 32.2. The van der Waals surface area contributed by atoms with E-state index < -0.39 is 20.2 Å². The van der Waals surface area contributed by atoms with Crippen LogP contribution in [0, 0.1) is 0 Å². The van der Waals surface area contributed by atoms with Gasteiger partial charge in [-0.25, -0.2) is 19.5 Å². The zero-order valence-electron chi connectivity index (χ0n) is 22.3. The molecule has 4 aromatic rings. The van der Waals surface area contributed by atoms with Gasteiger partial charge in [0.1, 0.15) is 18.1 Å². The maximum atomic E-state index is 13.7. The van der Waals surface area contributed by atoms with Crippen LogP contribution < -0.4 is 5.73 Å².